The van der Waals surface area contributed by atoms with Crippen molar-refractivity contribution >= 4 is 0 Å². The summed E-state index contributed by atoms with van der Waals surface area (Å²) < 4.78 is 7.25. The molecule has 0 N–H and O–H groups in total. The molecule has 0 radical (unpaired) electrons. The topological polar surface area (TPSA) is 9.23 Å². The van der Waals surface area contributed by atoms with Crippen LogP contribution in [-0.4, -0.2) is 12.2 Å². The molecule has 0 spiro atoms. The summed E-state index contributed by atoms with van der Waals surface area (Å²) in [6.45, 7) is 22.8. The van der Waals surface area contributed by atoms with Crippen LogP contribution in [0.3, 0.4) is 0 Å². The van der Waals surface area contributed by atoms with Crippen molar-refractivity contribution in [2.45, 2.75) is 325 Å². The predicted molar refractivity (Wildman–Crippen MR) is 289 cm³/mol. The Balaban J connectivity index is 5.46. The SMILES string of the molecule is CCCCCCCCCCCCCCCC(CC=C(C)CCC=C(C)CCC=C(C)C)OC(CC=C(C)CCC=C(C)CCC=C(C)C)CCCCCCCCCCCCCCC. The van der Waals surface area contributed by atoms with Crippen molar-refractivity contribution in [3.05, 3.63) is 69.9 Å². The summed E-state index contributed by atoms with van der Waals surface area (Å²) in [6, 6.07) is 0. The van der Waals surface area contributed by atoms with Crippen LogP contribution in [0, 0.1) is 0 Å². The first kappa shape index (κ1) is 61.4. The molecule has 0 fully saturated rings. The Morgan fingerprint density at radius 3 is 0.810 bits per heavy atom. The molecule has 0 aromatic heterocycles. The third-order valence-electron chi connectivity index (χ3n) is 13.3. The zero-order valence-corrected chi connectivity index (χ0v) is 44.9. The largest absolute Gasteiger partial charge is 0.374 e. The Morgan fingerprint density at radius 2 is 0.540 bits per heavy atom. The quantitative estimate of drug-likeness (QED) is 0.0437. The first-order valence-corrected chi connectivity index (χ1v) is 28.1. The molecule has 0 aliphatic rings. The van der Waals surface area contributed by atoms with Crippen molar-refractivity contribution in [1.82, 2.24) is 0 Å². The minimum atomic E-state index is 0.334. The average Bonchev–Trinajstić information content (AvgIpc) is 3.24. The second-order valence-electron chi connectivity index (χ2n) is 20.8. The van der Waals surface area contributed by atoms with Gasteiger partial charge in [-0.2, -0.15) is 0 Å². The number of rotatable bonds is 46. The van der Waals surface area contributed by atoms with Crippen LogP contribution >= 0.6 is 0 Å². The van der Waals surface area contributed by atoms with Crippen LogP contribution in [0.2, 0.25) is 0 Å². The Kier molecular flexibility index (Phi) is 45.7. The van der Waals surface area contributed by atoms with E-state index in [0.717, 1.165) is 25.7 Å². The van der Waals surface area contributed by atoms with Gasteiger partial charge >= 0.3 is 0 Å². The molecule has 1 heteroatoms. The van der Waals surface area contributed by atoms with E-state index in [9.17, 15) is 0 Å². The fourth-order valence-electron chi connectivity index (χ4n) is 8.88. The minimum absolute atomic E-state index is 0.334. The van der Waals surface area contributed by atoms with Crippen molar-refractivity contribution in [2.75, 3.05) is 0 Å². The van der Waals surface area contributed by atoms with Gasteiger partial charge in [-0.15, -0.1) is 0 Å². The van der Waals surface area contributed by atoms with E-state index in [-0.39, 0.29) is 0 Å². The second-order valence-corrected chi connectivity index (χ2v) is 20.8. The van der Waals surface area contributed by atoms with Crippen molar-refractivity contribution in [1.29, 1.82) is 0 Å². The van der Waals surface area contributed by atoms with Gasteiger partial charge < -0.3 is 4.74 Å². The predicted octanol–water partition coefficient (Wildman–Crippen LogP) is 22.3. The molecule has 0 aliphatic heterocycles. The molecule has 2 atom stereocenters. The molecule has 0 heterocycles. The molecule has 368 valence electrons. The summed E-state index contributed by atoms with van der Waals surface area (Å²) in [4.78, 5) is 0. The van der Waals surface area contributed by atoms with Crippen LogP contribution in [0.15, 0.2) is 69.9 Å². The van der Waals surface area contributed by atoms with Crippen molar-refractivity contribution < 1.29 is 4.74 Å². The van der Waals surface area contributed by atoms with Gasteiger partial charge in [0.1, 0.15) is 0 Å². The molecule has 0 amide bonds. The normalized spacial score (nSPS) is 13.7. The Labute approximate surface area is 398 Å². The summed E-state index contributed by atoms with van der Waals surface area (Å²) in [6.07, 6.45) is 66.1. The summed E-state index contributed by atoms with van der Waals surface area (Å²) >= 11 is 0. The molecule has 2 unspecified atom stereocenters. The van der Waals surface area contributed by atoms with E-state index in [4.69, 9.17) is 4.74 Å². The van der Waals surface area contributed by atoms with Gasteiger partial charge in [0.05, 0.1) is 12.2 Å². The monoisotopic (exact) mass is 875 g/mol. The van der Waals surface area contributed by atoms with E-state index < -0.39 is 0 Å². The van der Waals surface area contributed by atoms with Crippen molar-refractivity contribution in [2.24, 2.45) is 0 Å². The lowest BCUT2D eigenvalue weighted by molar-refractivity contribution is -0.0193. The maximum Gasteiger partial charge on any atom is 0.0613 e. The first-order chi connectivity index (χ1) is 30.6. The number of unbranched alkanes of at least 4 members (excludes halogenated alkanes) is 24. The smallest absolute Gasteiger partial charge is 0.0613 e. The Bertz CT molecular complexity index is 1090. The van der Waals surface area contributed by atoms with Gasteiger partial charge in [0.25, 0.3) is 0 Å². The highest BCUT2D eigenvalue weighted by Gasteiger charge is 2.16. The Morgan fingerprint density at radius 1 is 0.302 bits per heavy atom. The lowest BCUT2D eigenvalue weighted by Crippen LogP contribution is -2.22. The fraction of sp³-hybridized carbons (Fsp3) is 0.806. The minimum Gasteiger partial charge on any atom is -0.374 e. The summed E-state index contributed by atoms with van der Waals surface area (Å²) in [5, 5.41) is 0. The molecule has 0 bridgehead atoms. The van der Waals surface area contributed by atoms with Crippen molar-refractivity contribution in [3.8, 4) is 0 Å². The molecule has 0 aromatic carbocycles. The highest BCUT2D eigenvalue weighted by Crippen LogP contribution is 2.24. The molecule has 0 aromatic rings. The molecule has 0 saturated heterocycles. The van der Waals surface area contributed by atoms with Gasteiger partial charge in [0, 0.05) is 0 Å². The van der Waals surface area contributed by atoms with E-state index in [0.29, 0.717) is 12.2 Å². The van der Waals surface area contributed by atoms with Crippen LogP contribution in [0.1, 0.15) is 313 Å². The molecular weight excluding hydrogens is 761 g/mol. The van der Waals surface area contributed by atoms with Crippen LogP contribution < -0.4 is 0 Å². The van der Waals surface area contributed by atoms with Crippen LogP contribution in [0.4, 0.5) is 0 Å². The maximum atomic E-state index is 7.25. The third-order valence-corrected chi connectivity index (χ3v) is 13.3. The number of hydrogen-bond donors (Lipinski definition) is 0. The van der Waals surface area contributed by atoms with E-state index in [2.05, 4.69) is 106 Å². The maximum absolute atomic E-state index is 7.25. The number of hydrogen-bond acceptors (Lipinski definition) is 1. The lowest BCUT2D eigenvalue weighted by Gasteiger charge is -2.25. The summed E-state index contributed by atoms with van der Waals surface area (Å²) in [5.41, 5.74) is 9.01. The van der Waals surface area contributed by atoms with Crippen LogP contribution in [0.25, 0.3) is 0 Å². The highest BCUT2D eigenvalue weighted by molar-refractivity contribution is 5.07. The first-order valence-electron chi connectivity index (χ1n) is 28.1. The van der Waals surface area contributed by atoms with Gasteiger partial charge in [-0.1, -0.05) is 251 Å². The average molecular weight is 876 g/mol. The van der Waals surface area contributed by atoms with Gasteiger partial charge in [0.2, 0.25) is 0 Å². The lowest BCUT2D eigenvalue weighted by atomic mass is 10.00. The van der Waals surface area contributed by atoms with Crippen LogP contribution in [-0.2, 0) is 4.74 Å². The van der Waals surface area contributed by atoms with Gasteiger partial charge in [-0.3, -0.25) is 0 Å². The fourth-order valence-corrected chi connectivity index (χ4v) is 8.88. The molecule has 0 saturated carbocycles. The molecule has 0 rings (SSSR count). The van der Waals surface area contributed by atoms with Gasteiger partial charge in [-0.05, 0) is 132 Å². The van der Waals surface area contributed by atoms with E-state index >= 15 is 0 Å². The second kappa shape index (κ2) is 46.9. The standard InChI is InChI=1S/C62H114O/c1-11-13-15-17-19-21-23-25-27-29-31-33-35-49-61(53-51-59(9)47-39-45-57(7)43-37-41-55(3)4)63-62(50-36-34-32-30-28-26-24-22-20-18-16-14-12-2)54-52-60(10)48-40-46-58(8)44-38-42-56(5)6/h41-42,45-46,51-52,61-62H,11-40,43-44,47-50,53-54H2,1-10H3. The molecular formula is C62H114O. The Hall–Kier alpha value is -1.60. The molecule has 1 nitrogen and oxygen atoms in total. The molecule has 63 heavy (non-hydrogen) atoms. The van der Waals surface area contributed by atoms with Crippen LogP contribution in [0.5, 0.6) is 0 Å². The van der Waals surface area contributed by atoms with E-state index in [1.165, 1.54) is 252 Å². The van der Waals surface area contributed by atoms with E-state index in [1.54, 1.807) is 0 Å². The zero-order valence-electron chi connectivity index (χ0n) is 44.9. The van der Waals surface area contributed by atoms with Gasteiger partial charge in [-0.25, -0.2) is 0 Å². The van der Waals surface area contributed by atoms with Crippen molar-refractivity contribution in [3.63, 3.8) is 0 Å². The third kappa shape index (κ3) is 46.7. The zero-order chi connectivity index (χ0) is 46.4. The van der Waals surface area contributed by atoms with Gasteiger partial charge in [0.15, 0.2) is 0 Å². The summed E-state index contributed by atoms with van der Waals surface area (Å²) in [5.74, 6) is 0. The number of allylic oxidation sites excluding steroid dienone is 10. The number of ether oxygens (including phenoxy) is 1. The van der Waals surface area contributed by atoms with E-state index in [1.807, 2.05) is 0 Å². The highest BCUT2D eigenvalue weighted by atomic mass is 16.5. The summed E-state index contributed by atoms with van der Waals surface area (Å²) in [7, 11) is 0. The molecule has 0 aliphatic carbocycles.